The smallest absolute Gasteiger partial charge is 0.258 e. The van der Waals surface area contributed by atoms with Gasteiger partial charge in [-0.3, -0.25) is 19.1 Å². The van der Waals surface area contributed by atoms with Crippen molar-refractivity contribution in [1.29, 1.82) is 0 Å². The van der Waals surface area contributed by atoms with Crippen molar-refractivity contribution in [3.8, 4) is 22.7 Å². The molecule has 10 heteroatoms. The number of carbonyl (C=O) groups is 1. The van der Waals surface area contributed by atoms with Crippen LogP contribution in [0.5, 0.6) is 5.75 Å². The summed E-state index contributed by atoms with van der Waals surface area (Å²) in [6.07, 6.45) is 3.00. The van der Waals surface area contributed by atoms with Gasteiger partial charge in [0.05, 0.1) is 33.3 Å². The summed E-state index contributed by atoms with van der Waals surface area (Å²) in [5.74, 6) is -1.17. The van der Waals surface area contributed by atoms with Gasteiger partial charge in [0, 0.05) is 43.3 Å². The highest BCUT2D eigenvalue weighted by atomic mass is 35.5. The number of phenols is 1. The third-order valence-electron chi connectivity index (χ3n) is 7.50. The molecule has 4 aromatic rings. The third kappa shape index (κ3) is 4.95. The molecule has 212 valence electrons. The summed E-state index contributed by atoms with van der Waals surface area (Å²) in [5.41, 5.74) is 2.49. The number of rotatable bonds is 5. The second-order valence-corrected chi connectivity index (χ2v) is 11.0. The zero-order valence-corrected chi connectivity index (χ0v) is 24.1. The lowest BCUT2D eigenvalue weighted by molar-refractivity contribution is -0.126. The van der Waals surface area contributed by atoms with E-state index in [0.717, 1.165) is 5.56 Å². The molecule has 1 N–H and O–H groups in total. The molecule has 8 nitrogen and oxygen atoms in total. The van der Waals surface area contributed by atoms with E-state index in [2.05, 4.69) is 16.5 Å². The maximum Gasteiger partial charge on any atom is 0.258 e. The van der Waals surface area contributed by atoms with Crippen LogP contribution in [-0.4, -0.2) is 56.1 Å². The first-order chi connectivity index (χ1) is 19.5. The molecular weight excluding hydrogens is 545 g/mol. The molecule has 1 aliphatic rings. The summed E-state index contributed by atoms with van der Waals surface area (Å²) in [6, 6.07) is 8.87. The Balaban J connectivity index is 1.83. The van der Waals surface area contributed by atoms with E-state index < -0.39 is 5.82 Å². The van der Waals surface area contributed by atoms with Gasteiger partial charge in [0.15, 0.2) is 0 Å². The minimum Gasteiger partial charge on any atom is -0.507 e. The standard InChI is InChI=1S/C31H31ClFN5O3/c1-6-25(40)36-12-13-37(19(5)16-36)23-15-26(41)38(30-18(4)10-11-34-28(30)17(2)3)31-20(23)14-21(32)29(35-31)27-22(33)8-7-9-24(27)39/h6-11,14-15,17,19,39H,1,12-13,16H2,2-5H3/t19-/m0/s1. The molecule has 1 aliphatic heterocycles. The monoisotopic (exact) mass is 575 g/mol. The van der Waals surface area contributed by atoms with Crippen LogP contribution in [0.2, 0.25) is 5.02 Å². The van der Waals surface area contributed by atoms with E-state index in [1.165, 1.54) is 28.8 Å². The van der Waals surface area contributed by atoms with E-state index in [1.54, 1.807) is 23.2 Å². The topological polar surface area (TPSA) is 91.6 Å². The minimum atomic E-state index is -0.694. The fourth-order valence-corrected chi connectivity index (χ4v) is 5.75. The molecule has 1 amide bonds. The van der Waals surface area contributed by atoms with Gasteiger partial charge in [-0.2, -0.15) is 0 Å². The van der Waals surface area contributed by atoms with Crippen LogP contribution in [0.25, 0.3) is 28.0 Å². The molecule has 0 radical (unpaired) electrons. The van der Waals surface area contributed by atoms with Gasteiger partial charge in [0.2, 0.25) is 5.91 Å². The summed E-state index contributed by atoms with van der Waals surface area (Å²) >= 11 is 6.74. The predicted octanol–water partition coefficient (Wildman–Crippen LogP) is 5.60. The van der Waals surface area contributed by atoms with Crippen LogP contribution >= 0.6 is 11.6 Å². The van der Waals surface area contributed by atoms with Crippen molar-refractivity contribution in [1.82, 2.24) is 19.4 Å². The maximum atomic E-state index is 15.0. The molecule has 5 rings (SSSR count). The number of hydrogen-bond acceptors (Lipinski definition) is 6. The Bertz CT molecular complexity index is 1730. The average Bonchev–Trinajstić information content (AvgIpc) is 2.93. The van der Waals surface area contributed by atoms with Gasteiger partial charge in [0.1, 0.15) is 17.2 Å². The van der Waals surface area contributed by atoms with E-state index >= 15 is 4.39 Å². The number of benzene rings is 1. The number of piperazine rings is 1. The highest BCUT2D eigenvalue weighted by Crippen LogP contribution is 2.39. The Kier molecular flexibility index (Phi) is 7.57. The SMILES string of the molecule is C=CC(=O)N1CCN(c2cc(=O)n(-c3c(C)ccnc3C(C)C)c3nc(-c4c(O)cccc4F)c(Cl)cc23)[C@@H](C)C1. The molecular formula is C31H31ClFN5O3. The Morgan fingerprint density at radius 2 is 2.00 bits per heavy atom. The Labute approximate surface area is 242 Å². The molecule has 1 saturated heterocycles. The second-order valence-electron chi connectivity index (χ2n) is 10.6. The highest BCUT2D eigenvalue weighted by molar-refractivity contribution is 6.34. The molecule has 41 heavy (non-hydrogen) atoms. The minimum absolute atomic E-state index is 0.00981. The zero-order chi connectivity index (χ0) is 29.6. The molecule has 3 aromatic heterocycles. The lowest BCUT2D eigenvalue weighted by Gasteiger charge is -2.41. The molecule has 0 spiro atoms. The van der Waals surface area contributed by atoms with Crippen molar-refractivity contribution in [2.75, 3.05) is 24.5 Å². The van der Waals surface area contributed by atoms with Gasteiger partial charge < -0.3 is 14.9 Å². The molecule has 0 aliphatic carbocycles. The number of pyridine rings is 3. The van der Waals surface area contributed by atoms with Gasteiger partial charge in [0.25, 0.3) is 5.56 Å². The van der Waals surface area contributed by atoms with Crippen molar-refractivity contribution in [2.24, 2.45) is 0 Å². The molecule has 1 aromatic carbocycles. The number of nitrogens with zero attached hydrogens (tertiary/aromatic N) is 5. The van der Waals surface area contributed by atoms with Crippen molar-refractivity contribution < 1.29 is 14.3 Å². The fraction of sp³-hybridized carbons (Fsp3) is 0.290. The van der Waals surface area contributed by atoms with E-state index in [0.29, 0.717) is 42.1 Å². The van der Waals surface area contributed by atoms with Crippen molar-refractivity contribution in [3.05, 3.63) is 87.7 Å². The Morgan fingerprint density at radius 3 is 2.66 bits per heavy atom. The first-order valence-corrected chi connectivity index (χ1v) is 13.8. The number of phenolic OH excluding ortho intramolecular Hbond substituents is 1. The first-order valence-electron chi connectivity index (χ1n) is 13.4. The quantitative estimate of drug-likeness (QED) is 0.311. The number of anilines is 1. The first kappa shape index (κ1) is 28.3. The van der Waals surface area contributed by atoms with Crippen LogP contribution < -0.4 is 10.5 Å². The van der Waals surface area contributed by atoms with Crippen LogP contribution in [0.1, 0.15) is 37.9 Å². The van der Waals surface area contributed by atoms with Gasteiger partial charge in [-0.05, 0) is 55.7 Å². The Morgan fingerprint density at radius 1 is 1.24 bits per heavy atom. The summed E-state index contributed by atoms with van der Waals surface area (Å²) in [7, 11) is 0. The molecule has 0 saturated carbocycles. The van der Waals surface area contributed by atoms with Crippen LogP contribution in [0, 0.1) is 12.7 Å². The number of halogens is 2. The van der Waals surface area contributed by atoms with Crippen LogP contribution in [-0.2, 0) is 4.79 Å². The number of hydrogen-bond donors (Lipinski definition) is 1. The van der Waals surface area contributed by atoms with E-state index in [4.69, 9.17) is 16.6 Å². The normalized spacial score (nSPS) is 15.5. The van der Waals surface area contributed by atoms with E-state index in [-0.39, 0.29) is 51.1 Å². The molecule has 0 unspecified atom stereocenters. The zero-order valence-electron chi connectivity index (χ0n) is 23.4. The lowest BCUT2D eigenvalue weighted by Crippen LogP contribution is -2.53. The summed E-state index contributed by atoms with van der Waals surface area (Å²) in [6.45, 7) is 12.8. The predicted molar refractivity (Wildman–Crippen MR) is 160 cm³/mol. The van der Waals surface area contributed by atoms with Crippen LogP contribution in [0.4, 0.5) is 10.1 Å². The van der Waals surface area contributed by atoms with E-state index in [9.17, 15) is 14.7 Å². The molecule has 0 bridgehead atoms. The highest BCUT2D eigenvalue weighted by Gasteiger charge is 2.30. The number of aromatic nitrogens is 3. The Hall–Kier alpha value is -4.24. The summed E-state index contributed by atoms with van der Waals surface area (Å²) in [5, 5.41) is 11.2. The number of fused-ring (bicyclic) bond motifs is 1. The molecule has 1 fully saturated rings. The number of aryl methyl sites for hydroxylation is 1. The van der Waals surface area contributed by atoms with Gasteiger partial charge in [-0.15, -0.1) is 0 Å². The van der Waals surface area contributed by atoms with Crippen LogP contribution in [0.3, 0.4) is 0 Å². The largest absolute Gasteiger partial charge is 0.507 e. The van der Waals surface area contributed by atoms with Gasteiger partial charge >= 0.3 is 0 Å². The van der Waals surface area contributed by atoms with Crippen molar-refractivity contribution in [3.63, 3.8) is 0 Å². The number of aromatic hydroxyl groups is 1. The average molecular weight is 576 g/mol. The molecule has 4 heterocycles. The summed E-state index contributed by atoms with van der Waals surface area (Å²) in [4.78, 5) is 39.4. The maximum absolute atomic E-state index is 15.0. The lowest BCUT2D eigenvalue weighted by atomic mass is 10.0. The van der Waals surface area contributed by atoms with Gasteiger partial charge in [-0.25, -0.2) is 9.37 Å². The molecule has 1 atom stereocenters. The van der Waals surface area contributed by atoms with Crippen molar-refractivity contribution >= 4 is 34.2 Å². The van der Waals surface area contributed by atoms with Gasteiger partial charge in [-0.1, -0.05) is 38.1 Å². The van der Waals surface area contributed by atoms with Crippen molar-refractivity contribution in [2.45, 2.75) is 39.7 Å². The van der Waals surface area contributed by atoms with E-state index in [1.807, 2.05) is 33.8 Å². The summed E-state index contributed by atoms with van der Waals surface area (Å²) < 4.78 is 16.5. The third-order valence-corrected chi connectivity index (χ3v) is 7.79. The van der Waals surface area contributed by atoms with Crippen LogP contribution in [0.15, 0.2) is 60.0 Å². The number of amides is 1. The second kappa shape index (κ2) is 11.0. The fourth-order valence-electron chi connectivity index (χ4n) is 5.51. The number of carbonyl (C=O) groups excluding carboxylic acids is 1.